The van der Waals surface area contributed by atoms with Crippen molar-refractivity contribution in [1.82, 2.24) is 10.2 Å². The van der Waals surface area contributed by atoms with Crippen molar-refractivity contribution in [2.75, 3.05) is 25.9 Å². The Kier molecular flexibility index (Phi) is 5.44. The summed E-state index contributed by atoms with van der Waals surface area (Å²) in [5.41, 5.74) is 0.388. The summed E-state index contributed by atoms with van der Waals surface area (Å²) in [6, 6.07) is 0.616. The Hall–Kier alpha value is 0.0700. The predicted octanol–water partition coefficient (Wildman–Crippen LogP) is 2.14. The molecule has 2 rings (SSSR count). The van der Waals surface area contributed by atoms with Crippen molar-refractivity contribution in [1.29, 1.82) is 0 Å². The maximum atomic E-state index is 11.5. The molecule has 1 N–H and O–H groups in total. The van der Waals surface area contributed by atoms with Crippen LogP contribution in [0.15, 0.2) is 0 Å². The standard InChI is InChI=1S/C15H30N2OS/c1-13-11-16-15(8-5-4-6-9-15)12-17(13)10-7-14(2)19(3)18/h13-14,16H,4-12H2,1-3H3. The molecule has 0 aromatic carbocycles. The van der Waals surface area contributed by atoms with Gasteiger partial charge in [0.15, 0.2) is 0 Å². The molecule has 0 radical (unpaired) electrons. The quantitative estimate of drug-likeness (QED) is 0.859. The lowest BCUT2D eigenvalue weighted by molar-refractivity contribution is 0.0621. The Morgan fingerprint density at radius 1 is 1.37 bits per heavy atom. The van der Waals surface area contributed by atoms with Crippen LogP contribution < -0.4 is 5.32 Å². The van der Waals surface area contributed by atoms with Crippen molar-refractivity contribution in [2.45, 2.75) is 69.2 Å². The zero-order valence-electron chi connectivity index (χ0n) is 12.8. The highest BCUT2D eigenvalue weighted by Gasteiger charge is 2.38. The molecule has 1 saturated heterocycles. The van der Waals surface area contributed by atoms with Crippen molar-refractivity contribution in [3.05, 3.63) is 0 Å². The van der Waals surface area contributed by atoms with E-state index in [-0.39, 0.29) is 0 Å². The number of nitrogens with zero attached hydrogens (tertiary/aromatic N) is 1. The second-order valence-electron chi connectivity index (χ2n) is 6.64. The van der Waals surface area contributed by atoms with Crippen LogP contribution in [0.2, 0.25) is 0 Å². The molecule has 1 saturated carbocycles. The van der Waals surface area contributed by atoms with E-state index in [9.17, 15) is 4.21 Å². The van der Waals surface area contributed by atoms with Crippen molar-refractivity contribution in [3.8, 4) is 0 Å². The summed E-state index contributed by atoms with van der Waals surface area (Å²) in [6.45, 7) is 7.84. The zero-order chi connectivity index (χ0) is 13.9. The first kappa shape index (κ1) is 15.5. The minimum Gasteiger partial charge on any atom is -0.308 e. The van der Waals surface area contributed by atoms with Crippen molar-refractivity contribution < 1.29 is 4.21 Å². The Bertz CT molecular complexity index is 315. The largest absolute Gasteiger partial charge is 0.308 e. The van der Waals surface area contributed by atoms with E-state index < -0.39 is 10.8 Å². The van der Waals surface area contributed by atoms with Gasteiger partial charge in [-0.25, -0.2) is 0 Å². The Morgan fingerprint density at radius 2 is 2.05 bits per heavy atom. The van der Waals surface area contributed by atoms with Gasteiger partial charge >= 0.3 is 0 Å². The molecular formula is C15H30N2OS. The number of rotatable bonds is 4. The van der Waals surface area contributed by atoms with E-state index in [0.717, 1.165) is 19.5 Å². The highest BCUT2D eigenvalue weighted by Crippen LogP contribution is 2.31. The number of nitrogens with one attached hydrogen (secondary N) is 1. The SMILES string of the molecule is CC1CNC2(CCCCC2)CN1CCC(C)S(C)=O. The van der Waals surface area contributed by atoms with Gasteiger partial charge in [-0.15, -0.1) is 0 Å². The van der Waals surface area contributed by atoms with E-state index in [1.807, 2.05) is 6.26 Å². The summed E-state index contributed by atoms with van der Waals surface area (Å²) >= 11 is 0. The fraction of sp³-hybridized carbons (Fsp3) is 1.00. The predicted molar refractivity (Wildman–Crippen MR) is 83.0 cm³/mol. The third-order valence-electron chi connectivity index (χ3n) is 5.10. The van der Waals surface area contributed by atoms with Gasteiger partial charge in [0.05, 0.1) is 0 Å². The van der Waals surface area contributed by atoms with Crippen LogP contribution in [-0.2, 0) is 10.8 Å². The Balaban J connectivity index is 1.89. The van der Waals surface area contributed by atoms with Crippen molar-refractivity contribution >= 4 is 10.8 Å². The van der Waals surface area contributed by atoms with Gasteiger partial charge in [-0.05, 0) is 32.7 Å². The van der Waals surface area contributed by atoms with Gasteiger partial charge in [-0.2, -0.15) is 0 Å². The van der Waals surface area contributed by atoms with Gasteiger partial charge in [0.25, 0.3) is 0 Å². The third kappa shape index (κ3) is 4.02. The molecule has 0 aromatic rings. The lowest BCUT2D eigenvalue weighted by Crippen LogP contribution is -2.64. The van der Waals surface area contributed by atoms with Gasteiger partial charge in [-0.1, -0.05) is 26.2 Å². The zero-order valence-corrected chi connectivity index (χ0v) is 13.6. The molecule has 0 amide bonds. The minimum atomic E-state index is -0.681. The first-order valence-corrected chi connectivity index (χ1v) is 9.46. The molecule has 1 heterocycles. The van der Waals surface area contributed by atoms with Crippen molar-refractivity contribution in [3.63, 3.8) is 0 Å². The fourth-order valence-electron chi connectivity index (χ4n) is 3.47. The fourth-order valence-corrected chi connectivity index (χ4v) is 3.91. The van der Waals surface area contributed by atoms with Gasteiger partial charge in [0, 0.05) is 47.0 Å². The van der Waals surface area contributed by atoms with Crippen LogP contribution in [0.4, 0.5) is 0 Å². The molecule has 2 fully saturated rings. The highest BCUT2D eigenvalue weighted by atomic mass is 32.2. The van der Waals surface area contributed by atoms with E-state index in [1.165, 1.54) is 38.6 Å². The van der Waals surface area contributed by atoms with Crippen LogP contribution in [-0.4, -0.2) is 51.8 Å². The Morgan fingerprint density at radius 3 is 2.68 bits per heavy atom. The van der Waals surface area contributed by atoms with E-state index in [4.69, 9.17) is 0 Å². The molecule has 1 aliphatic heterocycles. The summed E-state index contributed by atoms with van der Waals surface area (Å²) in [5.74, 6) is 0. The molecule has 3 nitrogen and oxygen atoms in total. The minimum absolute atomic E-state index is 0.324. The summed E-state index contributed by atoms with van der Waals surface area (Å²) in [5, 5.41) is 4.15. The summed E-state index contributed by atoms with van der Waals surface area (Å²) in [6.07, 6.45) is 9.73. The maximum Gasteiger partial charge on any atom is 0.0329 e. The van der Waals surface area contributed by atoms with E-state index in [0.29, 0.717) is 16.8 Å². The Labute approximate surface area is 121 Å². The highest BCUT2D eigenvalue weighted by molar-refractivity contribution is 7.84. The second-order valence-corrected chi connectivity index (χ2v) is 8.44. The van der Waals surface area contributed by atoms with Crippen LogP contribution in [0.5, 0.6) is 0 Å². The summed E-state index contributed by atoms with van der Waals surface area (Å²) in [4.78, 5) is 2.63. The van der Waals surface area contributed by atoms with E-state index >= 15 is 0 Å². The van der Waals surface area contributed by atoms with Gasteiger partial charge in [-0.3, -0.25) is 9.11 Å². The molecule has 1 spiro atoms. The molecule has 3 atom stereocenters. The molecule has 4 heteroatoms. The molecular weight excluding hydrogens is 256 g/mol. The van der Waals surface area contributed by atoms with Gasteiger partial charge in [0.2, 0.25) is 0 Å². The van der Waals surface area contributed by atoms with Crippen LogP contribution in [0.3, 0.4) is 0 Å². The monoisotopic (exact) mass is 286 g/mol. The lowest BCUT2D eigenvalue weighted by Gasteiger charge is -2.49. The second kappa shape index (κ2) is 6.68. The summed E-state index contributed by atoms with van der Waals surface area (Å²) < 4.78 is 11.5. The van der Waals surface area contributed by atoms with Crippen LogP contribution in [0, 0.1) is 0 Å². The molecule has 0 bridgehead atoms. The average molecular weight is 286 g/mol. The van der Waals surface area contributed by atoms with Gasteiger partial charge in [0.1, 0.15) is 0 Å². The van der Waals surface area contributed by atoms with E-state index in [2.05, 4.69) is 24.1 Å². The molecule has 3 unspecified atom stereocenters. The third-order valence-corrected chi connectivity index (χ3v) is 6.47. The van der Waals surface area contributed by atoms with Crippen LogP contribution in [0.25, 0.3) is 0 Å². The number of hydrogen-bond acceptors (Lipinski definition) is 3. The maximum absolute atomic E-state index is 11.5. The molecule has 2 aliphatic rings. The normalized spacial score (nSPS) is 31.2. The average Bonchev–Trinajstić information content (AvgIpc) is 2.40. The molecule has 19 heavy (non-hydrogen) atoms. The topological polar surface area (TPSA) is 32.3 Å². The molecule has 0 aromatic heterocycles. The summed E-state index contributed by atoms with van der Waals surface area (Å²) in [7, 11) is -0.681. The smallest absolute Gasteiger partial charge is 0.0329 e. The molecule has 112 valence electrons. The van der Waals surface area contributed by atoms with Crippen LogP contribution in [0.1, 0.15) is 52.4 Å². The molecule has 1 aliphatic carbocycles. The van der Waals surface area contributed by atoms with Crippen molar-refractivity contribution in [2.24, 2.45) is 0 Å². The number of piperazine rings is 1. The van der Waals surface area contributed by atoms with Crippen LogP contribution >= 0.6 is 0 Å². The first-order chi connectivity index (χ1) is 9.02. The van der Waals surface area contributed by atoms with Gasteiger partial charge < -0.3 is 5.32 Å². The number of hydrogen-bond donors (Lipinski definition) is 1. The van der Waals surface area contributed by atoms with E-state index in [1.54, 1.807) is 0 Å². The lowest BCUT2D eigenvalue weighted by atomic mass is 9.79. The first-order valence-electron chi connectivity index (χ1n) is 7.84.